The first-order valence-corrected chi connectivity index (χ1v) is 7.11. The molecule has 2 aliphatic rings. The predicted octanol–water partition coefficient (Wildman–Crippen LogP) is 3.78. The van der Waals surface area contributed by atoms with Gasteiger partial charge in [0.1, 0.15) is 0 Å². The molecule has 2 aromatic rings. The van der Waals surface area contributed by atoms with Gasteiger partial charge in [-0.2, -0.15) is 8.78 Å². The maximum absolute atomic E-state index is 14.1. The molecule has 2 heterocycles. The van der Waals surface area contributed by atoms with Crippen LogP contribution in [0, 0.1) is 5.92 Å². The third kappa shape index (κ3) is 1.96. The van der Waals surface area contributed by atoms with Crippen LogP contribution in [0.1, 0.15) is 48.7 Å². The molecule has 0 radical (unpaired) electrons. The van der Waals surface area contributed by atoms with Crippen LogP contribution in [0.5, 0.6) is 0 Å². The minimum atomic E-state index is -3.04. The second-order valence-electron chi connectivity index (χ2n) is 5.77. The Balaban J connectivity index is 1.74. The number of benzene rings is 1. The molecule has 0 amide bonds. The highest BCUT2D eigenvalue weighted by molar-refractivity contribution is 5.24. The molecule has 1 aromatic carbocycles. The van der Waals surface area contributed by atoms with Crippen molar-refractivity contribution in [2.24, 2.45) is 5.92 Å². The molecular weight excluding hydrogens is 279 g/mol. The predicted molar refractivity (Wildman–Crippen MR) is 69.7 cm³/mol. The van der Waals surface area contributed by atoms with E-state index in [0.717, 1.165) is 5.56 Å². The van der Waals surface area contributed by atoms with E-state index < -0.39 is 23.8 Å². The second-order valence-corrected chi connectivity index (χ2v) is 5.77. The Morgan fingerprint density at radius 2 is 1.86 bits per heavy atom. The van der Waals surface area contributed by atoms with Gasteiger partial charge in [-0.3, -0.25) is 0 Å². The Hall–Kier alpha value is -1.85. The van der Waals surface area contributed by atoms with Crippen molar-refractivity contribution in [1.29, 1.82) is 0 Å². The van der Waals surface area contributed by atoms with E-state index in [2.05, 4.69) is 10.1 Å². The highest BCUT2D eigenvalue weighted by atomic mass is 19.3. The minimum absolute atomic E-state index is 0.0270. The molecule has 2 atom stereocenters. The molecule has 0 spiro atoms. The standard InChI is InChI=1S/C15H14F3N3/c16-11-8-12(9-4-2-1-3-5-9)21-13(11)19-14(20-21)15(17,18)10-6-7-10/h1-5,10-12H,6-8H2. The van der Waals surface area contributed by atoms with Gasteiger partial charge in [0.25, 0.3) is 0 Å². The molecule has 0 bridgehead atoms. The molecule has 3 nitrogen and oxygen atoms in total. The fourth-order valence-corrected chi connectivity index (χ4v) is 2.90. The largest absolute Gasteiger partial charge is 0.311 e. The van der Waals surface area contributed by atoms with Gasteiger partial charge < -0.3 is 0 Å². The van der Waals surface area contributed by atoms with Gasteiger partial charge >= 0.3 is 5.92 Å². The van der Waals surface area contributed by atoms with Gasteiger partial charge in [0, 0.05) is 12.3 Å². The molecule has 1 aromatic heterocycles. The van der Waals surface area contributed by atoms with Gasteiger partial charge in [-0.1, -0.05) is 30.3 Å². The molecule has 1 saturated carbocycles. The average molecular weight is 293 g/mol. The summed E-state index contributed by atoms with van der Waals surface area (Å²) in [6.07, 6.45) is -0.170. The van der Waals surface area contributed by atoms with Crippen LogP contribution in [-0.4, -0.2) is 14.8 Å². The summed E-state index contributed by atoms with van der Waals surface area (Å²) >= 11 is 0. The summed E-state index contributed by atoms with van der Waals surface area (Å²) in [5, 5.41) is 3.95. The van der Waals surface area contributed by atoms with Crippen molar-refractivity contribution in [3.63, 3.8) is 0 Å². The van der Waals surface area contributed by atoms with E-state index in [9.17, 15) is 13.2 Å². The maximum atomic E-state index is 14.1. The first-order valence-electron chi connectivity index (χ1n) is 7.11. The van der Waals surface area contributed by atoms with Gasteiger partial charge in [0.2, 0.25) is 5.82 Å². The Morgan fingerprint density at radius 1 is 1.14 bits per heavy atom. The van der Waals surface area contributed by atoms with Gasteiger partial charge in [0.05, 0.1) is 6.04 Å². The van der Waals surface area contributed by atoms with E-state index in [0.29, 0.717) is 12.8 Å². The Kier molecular flexibility index (Phi) is 2.65. The molecule has 2 unspecified atom stereocenters. The average Bonchev–Trinajstić information content (AvgIpc) is 3.17. The first kappa shape index (κ1) is 12.9. The highest BCUT2D eigenvalue weighted by Crippen LogP contribution is 2.50. The summed E-state index contributed by atoms with van der Waals surface area (Å²) in [7, 11) is 0. The number of aromatic nitrogens is 3. The van der Waals surface area contributed by atoms with E-state index >= 15 is 0 Å². The van der Waals surface area contributed by atoms with Crippen molar-refractivity contribution in [3.05, 3.63) is 47.5 Å². The zero-order chi connectivity index (χ0) is 14.6. The summed E-state index contributed by atoms with van der Waals surface area (Å²) in [6, 6.07) is 8.90. The molecule has 0 N–H and O–H groups in total. The number of fused-ring (bicyclic) bond motifs is 1. The third-order valence-corrected chi connectivity index (χ3v) is 4.24. The van der Waals surface area contributed by atoms with Crippen LogP contribution in [0.3, 0.4) is 0 Å². The number of nitrogens with zero attached hydrogens (tertiary/aromatic N) is 3. The van der Waals surface area contributed by atoms with E-state index in [4.69, 9.17) is 0 Å². The van der Waals surface area contributed by atoms with Crippen LogP contribution >= 0.6 is 0 Å². The van der Waals surface area contributed by atoms with Crippen LogP contribution in [0.15, 0.2) is 30.3 Å². The molecule has 110 valence electrons. The van der Waals surface area contributed by atoms with Crippen LogP contribution in [-0.2, 0) is 5.92 Å². The van der Waals surface area contributed by atoms with E-state index in [1.807, 2.05) is 30.3 Å². The van der Waals surface area contributed by atoms with Gasteiger partial charge in [-0.15, -0.1) is 5.10 Å². The van der Waals surface area contributed by atoms with Gasteiger partial charge in [-0.25, -0.2) is 14.1 Å². The number of hydrogen-bond acceptors (Lipinski definition) is 2. The zero-order valence-corrected chi connectivity index (χ0v) is 11.2. The first-order chi connectivity index (χ1) is 10.1. The summed E-state index contributed by atoms with van der Waals surface area (Å²) < 4.78 is 43.6. The molecule has 21 heavy (non-hydrogen) atoms. The summed E-state index contributed by atoms with van der Waals surface area (Å²) in [5.41, 5.74) is 0.866. The molecule has 0 saturated heterocycles. The topological polar surface area (TPSA) is 30.7 Å². The molecule has 1 fully saturated rings. The van der Waals surface area contributed by atoms with Gasteiger partial charge in [-0.05, 0) is 18.4 Å². The smallest absolute Gasteiger partial charge is 0.239 e. The molecule has 1 aliphatic carbocycles. The minimum Gasteiger partial charge on any atom is -0.239 e. The second kappa shape index (κ2) is 4.32. The van der Waals surface area contributed by atoms with E-state index in [1.165, 1.54) is 4.68 Å². The van der Waals surface area contributed by atoms with Crippen molar-refractivity contribution in [2.75, 3.05) is 0 Å². The Labute approximate surface area is 119 Å². The molecular formula is C15H14F3N3. The van der Waals surface area contributed by atoms with Crippen LogP contribution in [0.25, 0.3) is 0 Å². The monoisotopic (exact) mass is 293 g/mol. The van der Waals surface area contributed by atoms with Crippen LogP contribution < -0.4 is 0 Å². The van der Waals surface area contributed by atoms with Gasteiger partial charge in [0.15, 0.2) is 12.0 Å². The maximum Gasteiger partial charge on any atom is 0.311 e. The Bertz CT molecular complexity index is 664. The number of hydrogen-bond donors (Lipinski definition) is 0. The zero-order valence-electron chi connectivity index (χ0n) is 11.2. The lowest BCUT2D eigenvalue weighted by atomic mass is 10.0. The number of halogens is 3. The fourth-order valence-electron chi connectivity index (χ4n) is 2.90. The highest BCUT2D eigenvalue weighted by Gasteiger charge is 2.52. The quantitative estimate of drug-likeness (QED) is 0.862. The van der Waals surface area contributed by atoms with Crippen LogP contribution in [0.2, 0.25) is 0 Å². The Morgan fingerprint density at radius 3 is 2.52 bits per heavy atom. The van der Waals surface area contributed by atoms with Crippen molar-refractivity contribution in [2.45, 2.75) is 37.4 Å². The lowest BCUT2D eigenvalue weighted by molar-refractivity contribution is -0.0378. The summed E-state index contributed by atoms with van der Waals surface area (Å²) in [5.74, 6) is -4.23. The normalized spacial score (nSPS) is 25.1. The van der Waals surface area contributed by atoms with Crippen molar-refractivity contribution in [1.82, 2.24) is 14.8 Å². The van der Waals surface area contributed by atoms with E-state index in [1.54, 1.807) is 0 Å². The SMILES string of the molecule is FC1CC(c2ccccc2)n2nc(C(F)(F)C3CC3)nc21. The molecule has 4 rings (SSSR count). The lowest BCUT2D eigenvalue weighted by Gasteiger charge is -2.13. The lowest BCUT2D eigenvalue weighted by Crippen LogP contribution is -2.19. The number of alkyl halides is 3. The number of rotatable bonds is 3. The van der Waals surface area contributed by atoms with Crippen LogP contribution in [0.4, 0.5) is 13.2 Å². The van der Waals surface area contributed by atoms with Crippen molar-refractivity contribution < 1.29 is 13.2 Å². The third-order valence-electron chi connectivity index (χ3n) is 4.24. The summed E-state index contributed by atoms with van der Waals surface area (Å²) in [4.78, 5) is 3.81. The fraction of sp³-hybridized carbons (Fsp3) is 0.467. The van der Waals surface area contributed by atoms with Crippen molar-refractivity contribution >= 4 is 0 Å². The molecule has 1 aliphatic heterocycles. The summed E-state index contributed by atoms with van der Waals surface area (Å²) in [6.45, 7) is 0. The van der Waals surface area contributed by atoms with Crippen molar-refractivity contribution in [3.8, 4) is 0 Å². The van der Waals surface area contributed by atoms with E-state index in [-0.39, 0.29) is 18.3 Å². The molecule has 6 heteroatoms.